The molecular weight excluding hydrogens is 422 g/mol. The molecule has 8 heteroatoms. The van der Waals surface area contributed by atoms with E-state index in [1.165, 1.54) is 7.11 Å². The second-order valence-electron chi connectivity index (χ2n) is 7.39. The number of imide groups is 1. The summed E-state index contributed by atoms with van der Waals surface area (Å²) in [4.78, 5) is 51.2. The predicted octanol–water partition coefficient (Wildman–Crippen LogP) is 3.10. The first-order valence-electron chi connectivity index (χ1n) is 10.2. The fraction of sp³-hybridized carbons (Fsp3) is 0.120. The number of anilines is 1. The molecule has 1 saturated heterocycles. The van der Waals surface area contributed by atoms with Crippen LogP contribution in [0.1, 0.15) is 10.4 Å². The Morgan fingerprint density at radius 3 is 2.33 bits per heavy atom. The van der Waals surface area contributed by atoms with E-state index < -0.39 is 36.2 Å². The van der Waals surface area contributed by atoms with E-state index in [0.717, 1.165) is 16.0 Å². The predicted molar refractivity (Wildman–Crippen MR) is 122 cm³/mol. The average molecular weight is 443 g/mol. The van der Waals surface area contributed by atoms with Crippen molar-refractivity contribution in [3.8, 4) is 16.9 Å². The molecule has 8 nitrogen and oxygen atoms in total. The lowest BCUT2D eigenvalue weighted by molar-refractivity contribution is -0.130. The van der Waals surface area contributed by atoms with E-state index in [9.17, 15) is 19.2 Å². The average Bonchev–Trinajstić information content (AvgIpc) is 3.13. The highest BCUT2D eigenvalue weighted by atomic mass is 16.5. The Kier molecular flexibility index (Phi) is 6.17. The zero-order chi connectivity index (χ0) is 23.4. The Bertz CT molecular complexity index is 1210. The van der Waals surface area contributed by atoms with Crippen molar-refractivity contribution in [2.75, 3.05) is 19.0 Å². The lowest BCUT2D eigenvalue weighted by Crippen LogP contribution is -2.40. The van der Waals surface area contributed by atoms with Gasteiger partial charge in [-0.3, -0.25) is 19.3 Å². The van der Waals surface area contributed by atoms with E-state index in [1.54, 1.807) is 42.5 Å². The molecule has 4 rings (SSSR count). The summed E-state index contributed by atoms with van der Waals surface area (Å²) in [7, 11) is 1.53. The van der Waals surface area contributed by atoms with E-state index in [2.05, 4.69) is 10.6 Å². The lowest BCUT2D eigenvalue weighted by atomic mass is 9.98. The molecule has 3 aromatic rings. The second-order valence-corrected chi connectivity index (χ2v) is 7.39. The van der Waals surface area contributed by atoms with Crippen molar-refractivity contribution < 1.29 is 23.9 Å². The summed E-state index contributed by atoms with van der Waals surface area (Å²) in [6.07, 6.45) is 0. The number of carbonyl (C=O) groups excluding carboxylic acids is 4. The fourth-order valence-corrected chi connectivity index (χ4v) is 3.51. The number of methoxy groups -OCH3 is 1. The molecule has 0 aromatic heterocycles. The highest BCUT2D eigenvalue weighted by molar-refractivity contribution is 6.22. The van der Waals surface area contributed by atoms with Crippen LogP contribution in [0.4, 0.5) is 10.5 Å². The van der Waals surface area contributed by atoms with E-state index in [4.69, 9.17) is 4.74 Å². The van der Waals surface area contributed by atoms with Crippen molar-refractivity contribution in [3.05, 3.63) is 84.4 Å². The summed E-state index contributed by atoms with van der Waals surface area (Å²) in [5, 5.41) is 5.00. The highest BCUT2D eigenvalue weighted by Gasteiger charge is 2.43. The number of hydrogen-bond donors (Lipinski definition) is 2. The number of nitrogens with one attached hydrogen (secondary N) is 2. The molecule has 1 aliphatic heterocycles. The molecule has 1 fully saturated rings. The van der Waals surface area contributed by atoms with Crippen molar-refractivity contribution in [3.63, 3.8) is 0 Å². The summed E-state index contributed by atoms with van der Waals surface area (Å²) in [6.45, 7) is -0.509. The van der Waals surface area contributed by atoms with Crippen molar-refractivity contribution in [1.29, 1.82) is 0 Å². The van der Waals surface area contributed by atoms with Gasteiger partial charge < -0.3 is 15.4 Å². The minimum absolute atomic E-state index is 0.291. The number of urea groups is 1. The summed E-state index contributed by atoms with van der Waals surface area (Å²) < 4.78 is 5.06. The summed E-state index contributed by atoms with van der Waals surface area (Å²) in [6, 6.07) is 20.8. The standard InChI is InChI=1S/C25H21N3O5/c1-33-20-12-10-19(11-13-20)26-21(29)15-28-24(31)22(27-25(28)32)23(30)18-9-5-8-17(14-18)16-6-3-2-4-7-16/h2-14,22H,15H2,1H3,(H,26,29)(H,27,32). The smallest absolute Gasteiger partial charge is 0.325 e. The van der Waals surface area contributed by atoms with E-state index in [-0.39, 0.29) is 0 Å². The Morgan fingerprint density at radius 2 is 1.64 bits per heavy atom. The molecule has 1 atom stereocenters. The SMILES string of the molecule is COc1ccc(NC(=O)CN2C(=O)NC(C(=O)c3cccc(-c4ccccc4)c3)C2=O)cc1. The topological polar surface area (TPSA) is 105 Å². The van der Waals surface area contributed by atoms with Crippen LogP contribution in [0, 0.1) is 0 Å². The number of benzene rings is 3. The van der Waals surface area contributed by atoms with Crippen LogP contribution in [0.25, 0.3) is 11.1 Å². The number of rotatable bonds is 7. The summed E-state index contributed by atoms with van der Waals surface area (Å²) in [5.41, 5.74) is 2.51. The fourth-order valence-electron chi connectivity index (χ4n) is 3.51. The van der Waals surface area contributed by atoms with Gasteiger partial charge in [0.15, 0.2) is 11.8 Å². The van der Waals surface area contributed by atoms with Crippen LogP contribution in [-0.4, -0.2) is 48.2 Å². The maximum Gasteiger partial charge on any atom is 0.325 e. The van der Waals surface area contributed by atoms with Crippen LogP contribution in [0.2, 0.25) is 0 Å². The van der Waals surface area contributed by atoms with Gasteiger partial charge in [0.05, 0.1) is 7.11 Å². The van der Waals surface area contributed by atoms with Crippen LogP contribution >= 0.6 is 0 Å². The van der Waals surface area contributed by atoms with Crippen LogP contribution in [0.3, 0.4) is 0 Å². The van der Waals surface area contributed by atoms with Crippen molar-refractivity contribution >= 4 is 29.3 Å². The minimum atomic E-state index is -1.38. The summed E-state index contributed by atoms with van der Waals surface area (Å²) in [5.74, 6) is -1.24. The largest absolute Gasteiger partial charge is 0.497 e. The first kappa shape index (κ1) is 21.8. The molecule has 0 bridgehead atoms. The number of amides is 4. The van der Waals surface area contributed by atoms with Crippen molar-refractivity contribution in [1.82, 2.24) is 10.2 Å². The van der Waals surface area contributed by atoms with E-state index in [0.29, 0.717) is 17.0 Å². The third kappa shape index (κ3) is 4.74. The first-order valence-corrected chi connectivity index (χ1v) is 10.2. The maximum atomic E-state index is 13.0. The monoisotopic (exact) mass is 443 g/mol. The second kappa shape index (κ2) is 9.35. The van der Waals surface area contributed by atoms with Gasteiger partial charge in [0.25, 0.3) is 5.91 Å². The number of ketones is 1. The first-order chi connectivity index (χ1) is 16.0. The third-order valence-corrected chi connectivity index (χ3v) is 5.22. The van der Waals surface area contributed by atoms with E-state index in [1.807, 2.05) is 36.4 Å². The normalized spacial score (nSPS) is 15.2. The van der Waals surface area contributed by atoms with Crippen LogP contribution in [-0.2, 0) is 9.59 Å². The zero-order valence-corrected chi connectivity index (χ0v) is 17.8. The van der Waals surface area contributed by atoms with Crippen molar-refractivity contribution in [2.24, 2.45) is 0 Å². The minimum Gasteiger partial charge on any atom is -0.497 e. The molecule has 1 heterocycles. The van der Waals surface area contributed by atoms with Gasteiger partial charge >= 0.3 is 6.03 Å². The van der Waals surface area contributed by atoms with E-state index >= 15 is 0 Å². The van der Waals surface area contributed by atoms with Crippen LogP contribution < -0.4 is 15.4 Å². The molecule has 0 saturated carbocycles. The lowest BCUT2D eigenvalue weighted by Gasteiger charge is -2.13. The van der Waals surface area contributed by atoms with Gasteiger partial charge in [-0.05, 0) is 41.5 Å². The Hall–Kier alpha value is -4.46. The number of Topliss-reactive ketones (excluding diaryl/α,β-unsaturated/α-hetero) is 1. The molecule has 2 N–H and O–H groups in total. The molecule has 0 spiro atoms. The molecule has 0 aliphatic carbocycles. The highest BCUT2D eigenvalue weighted by Crippen LogP contribution is 2.22. The molecule has 166 valence electrons. The number of nitrogens with zero attached hydrogens (tertiary/aromatic N) is 1. The molecular formula is C25H21N3O5. The molecule has 4 amide bonds. The van der Waals surface area contributed by atoms with Crippen molar-refractivity contribution in [2.45, 2.75) is 6.04 Å². The van der Waals surface area contributed by atoms with Gasteiger partial charge in [0, 0.05) is 11.3 Å². The van der Waals surface area contributed by atoms with Crippen LogP contribution in [0.5, 0.6) is 5.75 Å². The van der Waals surface area contributed by atoms with Crippen LogP contribution in [0.15, 0.2) is 78.9 Å². The molecule has 1 aliphatic rings. The molecule has 33 heavy (non-hydrogen) atoms. The van der Waals surface area contributed by atoms with Gasteiger partial charge in [-0.15, -0.1) is 0 Å². The Labute approximate surface area is 190 Å². The Balaban J connectivity index is 1.44. The molecule has 3 aromatic carbocycles. The van der Waals surface area contributed by atoms with Gasteiger partial charge in [-0.25, -0.2) is 4.79 Å². The third-order valence-electron chi connectivity index (χ3n) is 5.22. The molecule has 0 radical (unpaired) electrons. The maximum absolute atomic E-state index is 13.0. The number of hydrogen-bond acceptors (Lipinski definition) is 5. The van der Waals surface area contributed by atoms with Gasteiger partial charge in [-0.1, -0.05) is 48.5 Å². The van der Waals surface area contributed by atoms with Gasteiger partial charge in [-0.2, -0.15) is 0 Å². The zero-order valence-electron chi connectivity index (χ0n) is 17.8. The number of ether oxygens (including phenoxy) is 1. The quantitative estimate of drug-likeness (QED) is 0.332. The summed E-state index contributed by atoms with van der Waals surface area (Å²) >= 11 is 0. The Morgan fingerprint density at radius 1 is 0.939 bits per heavy atom. The molecule has 1 unspecified atom stereocenters. The van der Waals surface area contributed by atoms with Gasteiger partial charge in [0.1, 0.15) is 12.3 Å². The number of carbonyl (C=O) groups is 4. The van der Waals surface area contributed by atoms with Gasteiger partial charge in [0.2, 0.25) is 5.91 Å².